The summed E-state index contributed by atoms with van der Waals surface area (Å²) in [5.74, 6) is -0.417. The molecule has 2 aromatic heterocycles. The molecular weight excluding hydrogens is 307 g/mol. The van der Waals surface area contributed by atoms with Crippen LogP contribution in [0.25, 0.3) is 5.65 Å². The van der Waals surface area contributed by atoms with Crippen LogP contribution in [-0.2, 0) is 11.2 Å². The number of amides is 1. The molecule has 0 aliphatic rings. The standard InChI is InChI=1S/C18H19FN4O/c1-11-10-14(19)4-6-16(11)22-18(24)7-5-15-12(2)21-17-8-9-20-23(17)13(15)3/h4,6,8-10H,5,7H2,1-3H3,(H,22,24). The van der Waals surface area contributed by atoms with Crippen molar-refractivity contribution in [2.24, 2.45) is 0 Å². The van der Waals surface area contributed by atoms with Crippen LogP contribution in [0.5, 0.6) is 0 Å². The van der Waals surface area contributed by atoms with Gasteiger partial charge in [-0.3, -0.25) is 4.79 Å². The van der Waals surface area contributed by atoms with Gasteiger partial charge in [0.25, 0.3) is 0 Å². The van der Waals surface area contributed by atoms with Crippen molar-refractivity contribution in [3.05, 3.63) is 58.8 Å². The molecule has 1 aromatic carbocycles. The van der Waals surface area contributed by atoms with E-state index in [1.165, 1.54) is 12.1 Å². The first-order chi connectivity index (χ1) is 11.5. The van der Waals surface area contributed by atoms with Gasteiger partial charge in [-0.25, -0.2) is 13.9 Å². The number of carbonyl (C=O) groups excluding carboxylic acids is 1. The van der Waals surface area contributed by atoms with Crippen molar-refractivity contribution >= 4 is 17.2 Å². The Bertz CT molecular complexity index is 917. The van der Waals surface area contributed by atoms with Gasteiger partial charge in [-0.15, -0.1) is 0 Å². The lowest BCUT2D eigenvalue weighted by atomic mass is 10.1. The van der Waals surface area contributed by atoms with Crippen LogP contribution in [0.4, 0.5) is 10.1 Å². The van der Waals surface area contributed by atoms with Crippen LogP contribution in [0.2, 0.25) is 0 Å². The maximum atomic E-state index is 13.1. The van der Waals surface area contributed by atoms with Gasteiger partial charge in [0.1, 0.15) is 5.82 Å². The average Bonchev–Trinajstić information content (AvgIpc) is 2.98. The fourth-order valence-electron chi connectivity index (χ4n) is 2.85. The number of aryl methyl sites for hydroxylation is 3. The number of fused-ring (bicyclic) bond motifs is 1. The van der Waals surface area contributed by atoms with Crippen molar-refractivity contribution in [2.75, 3.05) is 5.32 Å². The highest BCUT2D eigenvalue weighted by atomic mass is 19.1. The van der Waals surface area contributed by atoms with E-state index in [0.29, 0.717) is 24.1 Å². The van der Waals surface area contributed by atoms with Gasteiger partial charge < -0.3 is 5.32 Å². The fourth-order valence-corrected chi connectivity index (χ4v) is 2.85. The number of carbonyl (C=O) groups is 1. The third kappa shape index (κ3) is 3.13. The smallest absolute Gasteiger partial charge is 0.224 e. The number of hydrogen-bond acceptors (Lipinski definition) is 3. The topological polar surface area (TPSA) is 59.3 Å². The third-order valence-electron chi connectivity index (χ3n) is 4.16. The van der Waals surface area contributed by atoms with E-state index in [9.17, 15) is 9.18 Å². The van der Waals surface area contributed by atoms with Crippen LogP contribution in [0.15, 0.2) is 30.5 Å². The minimum Gasteiger partial charge on any atom is -0.326 e. The summed E-state index contributed by atoms with van der Waals surface area (Å²) in [6.45, 7) is 5.69. The normalized spacial score (nSPS) is 11.0. The number of halogens is 1. The largest absolute Gasteiger partial charge is 0.326 e. The van der Waals surface area contributed by atoms with Crippen LogP contribution in [0, 0.1) is 26.6 Å². The molecular formula is C18H19FN4O. The molecule has 1 amide bonds. The number of aromatic nitrogens is 3. The third-order valence-corrected chi connectivity index (χ3v) is 4.16. The highest BCUT2D eigenvalue weighted by Gasteiger charge is 2.12. The van der Waals surface area contributed by atoms with E-state index >= 15 is 0 Å². The summed E-state index contributed by atoms with van der Waals surface area (Å²) in [7, 11) is 0. The average molecular weight is 326 g/mol. The number of rotatable bonds is 4. The zero-order valence-corrected chi connectivity index (χ0v) is 13.9. The summed E-state index contributed by atoms with van der Waals surface area (Å²) < 4.78 is 14.9. The molecule has 0 fully saturated rings. The number of anilines is 1. The van der Waals surface area contributed by atoms with Gasteiger partial charge in [0.15, 0.2) is 5.65 Å². The summed E-state index contributed by atoms with van der Waals surface area (Å²) in [6, 6.07) is 6.18. The second-order valence-corrected chi connectivity index (χ2v) is 5.87. The first kappa shape index (κ1) is 16.1. The maximum absolute atomic E-state index is 13.1. The molecule has 124 valence electrons. The number of nitrogens with zero attached hydrogens (tertiary/aromatic N) is 3. The molecule has 0 unspecified atom stereocenters. The predicted molar refractivity (Wildman–Crippen MR) is 90.5 cm³/mol. The SMILES string of the molecule is Cc1cc(F)ccc1NC(=O)CCc1c(C)nc2ccnn2c1C. The summed E-state index contributed by atoms with van der Waals surface area (Å²) in [5, 5.41) is 7.08. The minimum atomic E-state index is -0.310. The molecule has 0 saturated heterocycles. The molecule has 0 radical (unpaired) electrons. The van der Waals surface area contributed by atoms with E-state index in [2.05, 4.69) is 15.4 Å². The Morgan fingerprint density at radius 2 is 2.04 bits per heavy atom. The van der Waals surface area contributed by atoms with E-state index in [1.807, 2.05) is 19.9 Å². The summed E-state index contributed by atoms with van der Waals surface area (Å²) in [4.78, 5) is 16.7. The van der Waals surface area contributed by atoms with Crippen molar-refractivity contribution in [3.63, 3.8) is 0 Å². The van der Waals surface area contributed by atoms with Crippen LogP contribution in [0.3, 0.4) is 0 Å². The van der Waals surface area contributed by atoms with Crippen molar-refractivity contribution in [1.29, 1.82) is 0 Å². The summed E-state index contributed by atoms with van der Waals surface area (Å²) in [5.41, 5.74) is 5.07. The molecule has 0 atom stereocenters. The maximum Gasteiger partial charge on any atom is 0.224 e. The van der Waals surface area contributed by atoms with Gasteiger partial charge in [0, 0.05) is 29.6 Å². The lowest BCUT2D eigenvalue weighted by molar-refractivity contribution is -0.116. The van der Waals surface area contributed by atoms with E-state index < -0.39 is 0 Å². The molecule has 3 aromatic rings. The Labute approximate surface area is 139 Å². The van der Waals surface area contributed by atoms with Gasteiger partial charge >= 0.3 is 0 Å². The highest BCUT2D eigenvalue weighted by molar-refractivity contribution is 5.91. The van der Waals surface area contributed by atoms with E-state index in [0.717, 1.165) is 22.6 Å². The Morgan fingerprint density at radius 3 is 2.79 bits per heavy atom. The van der Waals surface area contributed by atoms with Gasteiger partial charge in [-0.2, -0.15) is 5.10 Å². The molecule has 3 rings (SSSR count). The van der Waals surface area contributed by atoms with E-state index in [1.54, 1.807) is 23.7 Å². The van der Waals surface area contributed by atoms with Crippen LogP contribution in [0.1, 0.15) is 28.9 Å². The molecule has 0 aliphatic carbocycles. The summed E-state index contributed by atoms with van der Waals surface area (Å²) >= 11 is 0. The molecule has 0 saturated carbocycles. The lowest BCUT2D eigenvalue weighted by Gasteiger charge is -2.12. The monoisotopic (exact) mass is 326 g/mol. The molecule has 0 aliphatic heterocycles. The zero-order chi connectivity index (χ0) is 17.3. The molecule has 0 bridgehead atoms. The van der Waals surface area contributed by atoms with E-state index in [4.69, 9.17) is 0 Å². The minimum absolute atomic E-state index is 0.107. The second kappa shape index (κ2) is 6.39. The van der Waals surface area contributed by atoms with Crippen molar-refractivity contribution < 1.29 is 9.18 Å². The van der Waals surface area contributed by atoms with Gasteiger partial charge in [-0.05, 0) is 56.5 Å². The van der Waals surface area contributed by atoms with Gasteiger partial charge in [0.2, 0.25) is 5.91 Å². The highest BCUT2D eigenvalue weighted by Crippen LogP contribution is 2.18. The number of benzene rings is 1. The molecule has 24 heavy (non-hydrogen) atoms. The second-order valence-electron chi connectivity index (χ2n) is 5.87. The predicted octanol–water partition coefficient (Wildman–Crippen LogP) is 3.36. The quantitative estimate of drug-likeness (QED) is 0.800. The first-order valence-corrected chi connectivity index (χ1v) is 7.81. The number of hydrogen-bond donors (Lipinski definition) is 1. The van der Waals surface area contributed by atoms with Crippen molar-refractivity contribution in [3.8, 4) is 0 Å². The number of nitrogens with one attached hydrogen (secondary N) is 1. The Balaban J connectivity index is 1.72. The molecule has 6 heteroatoms. The molecule has 5 nitrogen and oxygen atoms in total. The van der Waals surface area contributed by atoms with Crippen LogP contribution in [-0.4, -0.2) is 20.5 Å². The molecule has 1 N–H and O–H groups in total. The van der Waals surface area contributed by atoms with Crippen molar-refractivity contribution in [2.45, 2.75) is 33.6 Å². The first-order valence-electron chi connectivity index (χ1n) is 7.81. The van der Waals surface area contributed by atoms with Crippen molar-refractivity contribution in [1.82, 2.24) is 14.6 Å². The Morgan fingerprint density at radius 1 is 1.25 bits per heavy atom. The lowest BCUT2D eigenvalue weighted by Crippen LogP contribution is -2.15. The fraction of sp³-hybridized carbons (Fsp3) is 0.278. The zero-order valence-electron chi connectivity index (χ0n) is 13.9. The Hall–Kier alpha value is -2.76. The van der Waals surface area contributed by atoms with Gasteiger partial charge in [0.05, 0.1) is 6.20 Å². The summed E-state index contributed by atoms with van der Waals surface area (Å²) in [6.07, 6.45) is 2.61. The molecule has 2 heterocycles. The van der Waals surface area contributed by atoms with Crippen LogP contribution >= 0.6 is 0 Å². The van der Waals surface area contributed by atoms with Crippen LogP contribution < -0.4 is 5.32 Å². The van der Waals surface area contributed by atoms with Gasteiger partial charge in [-0.1, -0.05) is 0 Å². The van der Waals surface area contributed by atoms with E-state index in [-0.39, 0.29) is 11.7 Å². The molecule has 0 spiro atoms. The Kier molecular flexibility index (Phi) is 4.29.